The van der Waals surface area contributed by atoms with Crippen LogP contribution in [0.3, 0.4) is 0 Å². The molecule has 7 heteroatoms. The molecule has 0 saturated carbocycles. The smallest absolute Gasteiger partial charge is 0.264 e. The van der Waals surface area contributed by atoms with Gasteiger partial charge in [0.05, 0.1) is 5.75 Å². The maximum atomic E-state index is 11.2. The SMILES string of the molecule is CSCc1cccc2c(C(CCCS(=O)(=O)O)c3ccc(Cl)cc3C)c[nH]c12. The van der Waals surface area contributed by atoms with Crippen molar-refractivity contribution in [1.29, 1.82) is 0 Å². The molecular formula is C21H24ClNO3S2. The van der Waals surface area contributed by atoms with Gasteiger partial charge in [0.2, 0.25) is 0 Å². The number of hydrogen-bond donors (Lipinski definition) is 2. The maximum Gasteiger partial charge on any atom is 0.264 e. The van der Waals surface area contributed by atoms with Crippen LogP contribution in [-0.4, -0.2) is 30.0 Å². The first-order valence-electron chi connectivity index (χ1n) is 9.09. The van der Waals surface area contributed by atoms with Crippen LogP contribution < -0.4 is 0 Å². The van der Waals surface area contributed by atoms with Crippen LogP contribution in [0.5, 0.6) is 0 Å². The molecule has 0 radical (unpaired) electrons. The maximum absolute atomic E-state index is 11.2. The number of aryl methyl sites for hydroxylation is 1. The zero-order valence-electron chi connectivity index (χ0n) is 15.9. The van der Waals surface area contributed by atoms with Crippen molar-refractivity contribution in [3.05, 3.63) is 69.9 Å². The summed E-state index contributed by atoms with van der Waals surface area (Å²) in [4.78, 5) is 3.42. The first kappa shape index (κ1) is 21.2. The van der Waals surface area contributed by atoms with Crippen LogP contribution in [0.2, 0.25) is 5.02 Å². The second-order valence-corrected chi connectivity index (χ2v) is 9.87. The summed E-state index contributed by atoms with van der Waals surface area (Å²) in [6.07, 6.45) is 5.10. The number of halogens is 1. The van der Waals surface area contributed by atoms with E-state index in [0.717, 1.165) is 33.3 Å². The van der Waals surface area contributed by atoms with E-state index in [-0.39, 0.29) is 11.7 Å². The zero-order chi connectivity index (χ0) is 20.3. The van der Waals surface area contributed by atoms with Gasteiger partial charge in [0.25, 0.3) is 10.1 Å². The fourth-order valence-electron chi connectivity index (χ4n) is 3.78. The summed E-state index contributed by atoms with van der Waals surface area (Å²) in [6, 6.07) is 12.1. The van der Waals surface area contributed by atoms with Gasteiger partial charge in [-0.05, 0) is 60.4 Å². The minimum absolute atomic E-state index is 0.0114. The molecule has 1 atom stereocenters. The Labute approximate surface area is 175 Å². The van der Waals surface area contributed by atoms with E-state index >= 15 is 0 Å². The molecule has 1 aromatic heterocycles. The van der Waals surface area contributed by atoms with Crippen LogP contribution in [-0.2, 0) is 15.9 Å². The summed E-state index contributed by atoms with van der Waals surface area (Å²) in [5.41, 5.74) is 5.70. The third-order valence-electron chi connectivity index (χ3n) is 5.01. The van der Waals surface area contributed by atoms with Crippen LogP contribution in [0, 0.1) is 6.92 Å². The fourth-order valence-corrected chi connectivity index (χ4v) is 5.09. The summed E-state index contributed by atoms with van der Waals surface area (Å²) in [7, 11) is -3.98. The average Bonchev–Trinajstić information content (AvgIpc) is 3.04. The lowest BCUT2D eigenvalue weighted by atomic mass is 9.85. The Morgan fingerprint density at radius 2 is 2.00 bits per heavy atom. The quantitative estimate of drug-likeness (QED) is 0.437. The molecule has 0 aliphatic carbocycles. The van der Waals surface area contributed by atoms with Crippen LogP contribution in [0.15, 0.2) is 42.6 Å². The molecule has 4 nitrogen and oxygen atoms in total. The molecule has 0 saturated heterocycles. The van der Waals surface area contributed by atoms with Gasteiger partial charge in [-0.15, -0.1) is 0 Å². The number of aromatic amines is 1. The highest BCUT2D eigenvalue weighted by atomic mass is 35.5. The Hall–Kier alpha value is -1.47. The van der Waals surface area contributed by atoms with Gasteiger partial charge in [-0.3, -0.25) is 4.55 Å². The molecule has 0 fully saturated rings. The highest BCUT2D eigenvalue weighted by Crippen LogP contribution is 2.37. The number of para-hydroxylation sites is 1. The molecule has 0 amide bonds. The standard InChI is InChI=1S/C21H24ClNO3S2/c1-14-11-16(22)8-9-17(14)18(7-4-10-28(24,25)26)20-12-23-21-15(13-27-2)5-3-6-19(20)21/h3,5-6,8-9,11-12,18,23H,4,7,10,13H2,1-2H3,(H,24,25,26). The molecule has 3 rings (SSSR count). The lowest BCUT2D eigenvalue weighted by Gasteiger charge is -2.20. The van der Waals surface area contributed by atoms with Gasteiger partial charge in [0.15, 0.2) is 0 Å². The Morgan fingerprint density at radius 3 is 2.68 bits per heavy atom. The predicted molar refractivity (Wildman–Crippen MR) is 119 cm³/mol. The summed E-state index contributed by atoms with van der Waals surface area (Å²) in [5, 5.41) is 1.83. The number of rotatable bonds is 8. The highest BCUT2D eigenvalue weighted by Gasteiger charge is 2.21. The molecule has 2 aromatic carbocycles. The second kappa shape index (κ2) is 8.91. The van der Waals surface area contributed by atoms with Gasteiger partial charge in [-0.1, -0.05) is 35.9 Å². The van der Waals surface area contributed by atoms with Crippen LogP contribution in [0.1, 0.15) is 41.0 Å². The number of hydrogen-bond acceptors (Lipinski definition) is 3. The first-order valence-corrected chi connectivity index (χ1v) is 12.5. The number of thioether (sulfide) groups is 1. The fraction of sp³-hybridized carbons (Fsp3) is 0.333. The van der Waals surface area contributed by atoms with E-state index in [0.29, 0.717) is 17.9 Å². The van der Waals surface area contributed by atoms with Crippen molar-refractivity contribution in [2.45, 2.75) is 31.4 Å². The molecule has 0 bridgehead atoms. The van der Waals surface area contributed by atoms with Crippen molar-refractivity contribution in [2.24, 2.45) is 0 Å². The van der Waals surface area contributed by atoms with Gasteiger partial charge >= 0.3 is 0 Å². The molecule has 3 aromatic rings. The van der Waals surface area contributed by atoms with E-state index in [4.69, 9.17) is 16.2 Å². The Balaban J connectivity index is 2.06. The van der Waals surface area contributed by atoms with Crippen molar-refractivity contribution < 1.29 is 13.0 Å². The molecular weight excluding hydrogens is 414 g/mol. The van der Waals surface area contributed by atoms with Gasteiger partial charge in [-0.2, -0.15) is 20.2 Å². The van der Waals surface area contributed by atoms with E-state index in [9.17, 15) is 8.42 Å². The minimum atomic E-state index is -3.98. The minimum Gasteiger partial charge on any atom is -0.361 e. The molecule has 150 valence electrons. The van der Waals surface area contributed by atoms with Crippen molar-refractivity contribution >= 4 is 44.4 Å². The third kappa shape index (κ3) is 4.92. The lowest BCUT2D eigenvalue weighted by molar-refractivity contribution is 0.479. The Morgan fingerprint density at radius 1 is 1.21 bits per heavy atom. The molecule has 0 spiro atoms. The van der Waals surface area contributed by atoms with Crippen LogP contribution >= 0.6 is 23.4 Å². The van der Waals surface area contributed by atoms with E-state index in [1.54, 1.807) is 11.8 Å². The van der Waals surface area contributed by atoms with Crippen molar-refractivity contribution in [3.63, 3.8) is 0 Å². The Kier molecular flexibility index (Phi) is 6.76. The summed E-state index contributed by atoms with van der Waals surface area (Å²) in [6.45, 7) is 2.02. The number of aromatic nitrogens is 1. The summed E-state index contributed by atoms with van der Waals surface area (Å²) < 4.78 is 31.5. The van der Waals surface area contributed by atoms with E-state index in [2.05, 4.69) is 29.4 Å². The number of nitrogens with one attached hydrogen (secondary N) is 1. The molecule has 0 aliphatic heterocycles. The third-order valence-corrected chi connectivity index (χ3v) is 6.65. The van der Waals surface area contributed by atoms with Gasteiger partial charge in [-0.25, -0.2) is 0 Å². The molecule has 1 unspecified atom stereocenters. The zero-order valence-corrected chi connectivity index (χ0v) is 18.3. The monoisotopic (exact) mass is 437 g/mol. The molecule has 2 N–H and O–H groups in total. The predicted octanol–water partition coefficient (Wildman–Crippen LogP) is 5.79. The number of fused-ring (bicyclic) bond motifs is 1. The van der Waals surface area contributed by atoms with Gasteiger partial charge in [0, 0.05) is 33.8 Å². The first-order chi connectivity index (χ1) is 13.3. The van der Waals surface area contributed by atoms with E-state index in [1.165, 1.54) is 5.56 Å². The van der Waals surface area contributed by atoms with E-state index < -0.39 is 10.1 Å². The number of H-pyrrole nitrogens is 1. The molecule has 28 heavy (non-hydrogen) atoms. The molecule has 1 heterocycles. The van der Waals surface area contributed by atoms with Gasteiger partial charge < -0.3 is 4.98 Å². The number of benzene rings is 2. The summed E-state index contributed by atoms with van der Waals surface area (Å²) >= 11 is 7.92. The largest absolute Gasteiger partial charge is 0.361 e. The normalized spacial score (nSPS) is 13.1. The van der Waals surface area contributed by atoms with Crippen molar-refractivity contribution in [2.75, 3.05) is 12.0 Å². The van der Waals surface area contributed by atoms with Crippen molar-refractivity contribution in [3.8, 4) is 0 Å². The Bertz CT molecular complexity index is 1080. The van der Waals surface area contributed by atoms with Crippen LogP contribution in [0.4, 0.5) is 0 Å². The molecule has 0 aliphatic rings. The highest BCUT2D eigenvalue weighted by molar-refractivity contribution is 7.97. The summed E-state index contributed by atoms with van der Waals surface area (Å²) in [5.74, 6) is 0.693. The van der Waals surface area contributed by atoms with Crippen molar-refractivity contribution in [1.82, 2.24) is 4.98 Å². The second-order valence-electron chi connectivity index (χ2n) is 7.00. The average molecular weight is 438 g/mol. The topological polar surface area (TPSA) is 70.2 Å². The van der Waals surface area contributed by atoms with Gasteiger partial charge in [0.1, 0.15) is 0 Å². The van der Waals surface area contributed by atoms with Crippen LogP contribution in [0.25, 0.3) is 10.9 Å². The lowest BCUT2D eigenvalue weighted by Crippen LogP contribution is -2.08. The van der Waals surface area contributed by atoms with E-state index in [1.807, 2.05) is 31.3 Å².